The number of aromatic nitrogens is 2. The molecule has 1 aliphatic carbocycles. The van der Waals surface area contributed by atoms with Crippen LogP contribution in [0.25, 0.3) is 16.6 Å². The van der Waals surface area contributed by atoms with E-state index in [-0.39, 0.29) is 21.6 Å². The Morgan fingerprint density at radius 3 is 2.49 bits per heavy atom. The average molecular weight is 578 g/mol. The molecular weight excluding hydrogens is 545 g/mol. The van der Waals surface area contributed by atoms with Gasteiger partial charge in [0.05, 0.1) is 21.6 Å². The molecule has 1 aliphatic rings. The predicted molar refractivity (Wildman–Crippen MR) is 161 cm³/mol. The SMILES string of the molecule is CN(CCN(C)c1c(F)cc2c(=O)c(C(=O)O)cn(-c3ccc(CNC4CCCC4)cc3)c2c1Cl)c1ccccn1. The van der Waals surface area contributed by atoms with Crippen LogP contribution in [0, 0.1) is 5.82 Å². The minimum absolute atomic E-state index is 0.0315. The summed E-state index contributed by atoms with van der Waals surface area (Å²) in [7, 11) is 3.62. The van der Waals surface area contributed by atoms with Gasteiger partial charge in [0.2, 0.25) is 5.43 Å². The molecule has 2 aromatic carbocycles. The molecule has 5 rings (SSSR count). The van der Waals surface area contributed by atoms with E-state index in [9.17, 15) is 14.7 Å². The minimum atomic E-state index is -1.39. The number of likely N-dealkylation sites (N-methyl/N-ethyl adjacent to an activating group) is 2. The van der Waals surface area contributed by atoms with E-state index in [0.29, 0.717) is 24.8 Å². The third kappa shape index (κ3) is 6.06. The molecular formula is C31H33ClFN5O3. The van der Waals surface area contributed by atoms with E-state index in [1.165, 1.54) is 31.9 Å². The Balaban J connectivity index is 1.51. The molecule has 0 aliphatic heterocycles. The van der Waals surface area contributed by atoms with Crippen molar-refractivity contribution in [2.45, 2.75) is 38.3 Å². The number of fused-ring (bicyclic) bond motifs is 1. The lowest BCUT2D eigenvalue weighted by molar-refractivity contribution is 0.0695. The summed E-state index contributed by atoms with van der Waals surface area (Å²) in [6.07, 6.45) is 7.85. The van der Waals surface area contributed by atoms with Crippen LogP contribution in [0.1, 0.15) is 41.6 Å². The summed E-state index contributed by atoms with van der Waals surface area (Å²) in [5, 5.41) is 13.3. The van der Waals surface area contributed by atoms with Gasteiger partial charge in [-0.2, -0.15) is 0 Å². The van der Waals surface area contributed by atoms with Crippen molar-refractivity contribution < 1.29 is 14.3 Å². The molecule has 10 heteroatoms. The summed E-state index contributed by atoms with van der Waals surface area (Å²) >= 11 is 6.86. The zero-order valence-electron chi connectivity index (χ0n) is 23.1. The molecule has 0 atom stereocenters. The Kier molecular flexibility index (Phi) is 8.56. The number of hydrogen-bond acceptors (Lipinski definition) is 6. The molecule has 0 saturated heterocycles. The van der Waals surface area contributed by atoms with Gasteiger partial charge in [0, 0.05) is 57.9 Å². The van der Waals surface area contributed by atoms with E-state index in [2.05, 4.69) is 10.3 Å². The van der Waals surface area contributed by atoms with E-state index in [1.54, 1.807) is 22.7 Å². The van der Waals surface area contributed by atoms with Gasteiger partial charge in [-0.25, -0.2) is 14.2 Å². The van der Waals surface area contributed by atoms with Crippen LogP contribution in [-0.4, -0.2) is 53.9 Å². The monoisotopic (exact) mass is 577 g/mol. The highest BCUT2D eigenvalue weighted by molar-refractivity contribution is 6.38. The van der Waals surface area contributed by atoms with Crippen LogP contribution in [0.15, 0.2) is 65.7 Å². The molecule has 1 fully saturated rings. The lowest BCUT2D eigenvalue weighted by Gasteiger charge is -2.26. The van der Waals surface area contributed by atoms with Crippen LogP contribution in [0.5, 0.6) is 0 Å². The van der Waals surface area contributed by atoms with Crippen molar-refractivity contribution in [3.05, 3.63) is 93.1 Å². The highest BCUT2D eigenvalue weighted by Gasteiger charge is 2.24. The topological polar surface area (TPSA) is 90.7 Å². The van der Waals surface area contributed by atoms with Crippen molar-refractivity contribution in [1.29, 1.82) is 0 Å². The van der Waals surface area contributed by atoms with Crippen LogP contribution >= 0.6 is 11.6 Å². The molecule has 0 amide bonds. The van der Waals surface area contributed by atoms with Gasteiger partial charge < -0.3 is 24.8 Å². The number of carbonyl (C=O) groups is 1. The number of anilines is 2. The molecule has 41 heavy (non-hydrogen) atoms. The van der Waals surface area contributed by atoms with Crippen molar-refractivity contribution in [1.82, 2.24) is 14.9 Å². The molecule has 4 aromatic rings. The van der Waals surface area contributed by atoms with E-state index < -0.39 is 22.8 Å². The van der Waals surface area contributed by atoms with Crippen molar-refractivity contribution in [2.75, 3.05) is 37.0 Å². The maximum Gasteiger partial charge on any atom is 0.341 e. The Labute approximate surface area is 243 Å². The first kappa shape index (κ1) is 28.6. The molecule has 0 spiro atoms. The third-order valence-electron chi connectivity index (χ3n) is 7.74. The van der Waals surface area contributed by atoms with Gasteiger partial charge >= 0.3 is 5.97 Å². The normalized spacial score (nSPS) is 13.6. The second kappa shape index (κ2) is 12.3. The average Bonchev–Trinajstić information content (AvgIpc) is 3.50. The number of nitrogens with one attached hydrogen (secondary N) is 1. The number of carboxylic acids is 1. The van der Waals surface area contributed by atoms with E-state index in [1.807, 2.05) is 54.4 Å². The Bertz CT molecular complexity index is 1600. The van der Waals surface area contributed by atoms with Gasteiger partial charge in [-0.3, -0.25) is 4.79 Å². The van der Waals surface area contributed by atoms with Gasteiger partial charge in [0.25, 0.3) is 0 Å². The molecule has 0 unspecified atom stereocenters. The zero-order valence-corrected chi connectivity index (χ0v) is 23.9. The number of nitrogens with zero attached hydrogens (tertiary/aromatic N) is 4. The Morgan fingerprint density at radius 1 is 1.12 bits per heavy atom. The van der Waals surface area contributed by atoms with Gasteiger partial charge in [-0.1, -0.05) is 42.6 Å². The quantitative estimate of drug-likeness (QED) is 0.258. The number of aromatic carboxylic acids is 1. The van der Waals surface area contributed by atoms with E-state index in [0.717, 1.165) is 24.0 Å². The van der Waals surface area contributed by atoms with E-state index in [4.69, 9.17) is 11.6 Å². The summed E-state index contributed by atoms with van der Waals surface area (Å²) in [4.78, 5) is 33.1. The second-order valence-electron chi connectivity index (χ2n) is 10.5. The standard InChI is InChI=1S/C31H33ClFN5O3/c1-36(26-9-5-6-14-34-26)15-16-37(2)29-25(33)17-23-28(27(29)32)38(19-24(30(23)39)31(40)41)22-12-10-20(11-13-22)18-35-21-7-3-4-8-21/h5-6,9-14,17,19,21,35H,3-4,7-8,15-16,18H2,1-2H3,(H,40,41). The highest BCUT2D eigenvalue weighted by atomic mass is 35.5. The van der Waals surface area contributed by atoms with Gasteiger partial charge in [0.1, 0.15) is 17.2 Å². The smallest absolute Gasteiger partial charge is 0.341 e. The number of hydrogen-bond donors (Lipinski definition) is 2. The molecule has 2 aromatic heterocycles. The highest BCUT2D eigenvalue weighted by Crippen LogP contribution is 2.36. The molecule has 2 N–H and O–H groups in total. The first-order chi connectivity index (χ1) is 19.7. The number of halogens is 2. The summed E-state index contributed by atoms with van der Waals surface area (Å²) in [6.45, 7) is 1.67. The van der Waals surface area contributed by atoms with Gasteiger partial charge in [-0.05, 0) is 48.7 Å². The zero-order chi connectivity index (χ0) is 29.1. The fourth-order valence-electron chi connectivity index (χ4n) is 5.38. The van der Waals surface area contributed by atoms with Crippen molar-refractivity contribution >= 4 is 40.0 Å². The van der Waals surface area contributed by atoms with Crippen LogP contribution in [0.2, 0.25) is 5.02 Å². The van der Waals surface area contributed by atoms with Crippen LogP contribution in [-0.2, 0) is 6.54 Å². The Hall–Kier alpha value is -3.95. The molecule has 1 saturated carbocycles. The molecule has 0 bridgehead atoms. The summed E-state index contributed by atoms with van der Waals surface area (Å²) in [6, 6.07) is 14.9. The van der Waals surface area contributed by atoms with Gasteiger partial charge in [0.15, 0.2) is 0 Å². The number of rotatable bonds is 10. The Morgan fingerprint density at radius 2 is 1.83 bits per heavy atom. The maximum absolute atomic E-state index is 15.5. The summed E-state index contributed by atoms with van der Waals surface area (Å²) in [5.74, 6) is -1.31. The predicted octanol–water partition coefficient (Wildman–Crippen LogP) is 5.48. The lowest BCUT2D eigenvalue weighted by Crippen LogP contribution is -2.32. The van der Waals surface area contributed by atoms with Crippen molar-refractivity contribution in [2.24, 2.45) is 0 Å². The van der Waals surface area contributed by atoms with Crippen LogP contribution in [0.3, 0.4) is 0 Å². The minimum Gasteiger partial charge on any atom is -0.477 e. The number of carboxylic acid groups (broad SMARTS) is 1. The fourth-order valence-corrected chi connectivity index (χ4v) is 5.81. The maximum atomic E-state index is 15.5. The molecule has 2 heterocycles. The first-order valence-corrected chi connectivity index (χ1v) is 14.1. The summed E-state index contributed by atoms with van der Waals surface area (Å²) in [5.41, 5.74) is 0.823. The number of benzene rings is 2. The van der Waals surface area contributed by atoms with Crippen molar-refractivity contribution in [3.8, 4) is 5.69 Å². The fraction of sp³-hybridized carbons (Fsp3) is 0.323. The van der Waals surface area contributed by atoms with Crippen LogP contribution in [0.4, 0.5) is 15.9 Å². The second-order valence-corrected chi connectivity index (χ2v) is 10.9. The lowest BCUT2D eigenvalue weighted by atomic mass is 10.1. The number of pyridine rings is 2. The third-order valence-corrected chi connectivity index (χ3v) is 8.10. The molecule has 214 valence electrons. The van der Waals surface area contributed by atoms with E-state index >= 15 is 4.39 Å². The van der Waals surface area contributed by atoms with Gasteiger partial charge in [-0.15, -0.1) is 0 Å². The molecule has 0 radical (unpaired) electrons. The van der Waals surface area contributed by atoms with Crippen molar-refractivity contribution in [3.63, 3.8) is 0 Å². The largest absolute Gasteiger partial charge is 0.477 e. The van der Waals surface area contributed by atoms with Crippen LogP contribution < -0.4 is 20.5 Å². The first-order valence-electron chi connectivity index (χ1n) is 13.7. The summed E-state index contributed by atoms with van der Waals surface area (Å²) < 4.78 is 17.1. The molecule has 8 nitrogen and oxygen atoms in total.